The molecule has 0 radical (unpaired) electrons. The van der Waals surface area contributed by atoms with Crippen LogP contribution in [0.25, 0.3) is 11.4 Å². The third-order valence-corrected chi connectivity index (χ3v) is 3.23. The number of nitrogens with zero attached hydrogens (tertiary/aromatic N) is 3. The van der Waals surface area contributed by atoms with Crippen LogP contribution in [-0.4, -0.2) is 26.5 Å². The maximum atomic E-state index is 13.5. The van der Waals surface area contributed by atoms with E-state index in [1.807, 2.05) is 0 Å². The summed E-state index contributed by atoms with van der Waals surface area (Å²) in [5.74, 6) is 0.362. The van der Waals surface area contributed by atoms with Crippen molar-refractivity contribution in [1.29, 1.82) is 0 Å². The number of nitrogens with one attached hydrogen (secondary N) is 2. The fraction of sp³-hybridized carbons (Fsp3) is 0.125. The summed E-state index contributed by atoms with van der Waals surface area (Å²) in [6, 6.07) is 10.0. The Morgan fingerprint density at radius 2 is 1.87 bits per heavy atom. The maximum absolute atomic E-state index is 13.5. The largest absolute Gasteiger partial charge is 0.355 e. The molecule has 0 aliphatic heterocycles. The SMILES string of the molecule is O=c1nc(-c2ccncc2)nc(NCCc2ccccc2F)[nH]1. The highest BCUT2D eigenvalue weighted by Crippen LogP contribution is 2.12. The molecule has 23 heavy (non-hydrogen) atoms. The molecule has 6 nitrogen and oxygen atoms in total. The molecular formula is C16H14FN5O. The summed E-state index contributed by atoms with van der Waals surface area (Å²) in [4.78, 5) is 26.2. The van der Waals surface area contributed by atoms with E-state index >= 15 is 0 Å². The van der Waals surface area contributed by atoms with Crippen molar-refractivity contribution in [3.05, 3.63) is 70.7 Å². The molecule has 0 unspecified atom stereocenters. The lowest BCUT2D eigenvalue weighted by atomic mass is 10.1. The van der Waals surface area contributed by atoms with E-state index in [1.165, 1.54) is 6.07 Å². The second-order valence-electron chi connectivity index (χ2n) is 4.83. The summed E-state index contributed by atoms with van der Waals surface area (Å²) in [7, 11) is 0. The number of aromatic nitrogens is 4. The third-order valence-electron chi connectivity index (χ3n) is 3.23. The normalized spacial score (nSPS) is 10.5. The Labute approximate surface area is 131 Å². The minimum Gasteiger partial charge on any atom is -0.355 e. The highest BCUT2D eigenvalue weighted by atomic mass is 19.1. The zero-order valence-corrected chi connectivity index (χ0v) is 12.2. The average molecular weight is 311 g/mol. The van der Waals surface area contributed by atoms with Crippen LogP contribution in [0.3, 0.4) is 0 Å². The Hall–Kier alpha value is -3.09. The molecule has 0 bridgehead atoms. The van der Waals surface area contributed by atoms with Crippen LogP contribution in [0.15, 0.2) is 53.6 Å². The van der Waals surface area contributed by atoms with Gasteiger partial charge in [0.05, 0.1) is 0 Å². The van der Waals surface area contributed by atoms with Crippen molar-refractivity contribution in [2.75, 3.05) is 11.9 Å². The summed E-state index contributed by atoms with van der Waals surface area (Å²) in [5.41, 5.74) is 0.800. The molecule has 0 fully saturated rings. The van der Waals surface area contributed by atoms with E-state index in [9.17, 15) is 9.18 Å². The zero-order chi connectivity index (χ0) is 16.1. The number of pyridine rings is 1. The Morgan fingerprint density at radius 1 is 1.09 bits per heavy atom. The summed E-state index contributed by atoms with van der Waals surface area (Å²) in [6.45, 7) is 0.434. The molecule has 0 saturated heterocycles. The molecule has 2 N–H and O–H groups in total. The Bertz CT molecular complexity index is 850. The summed E-state index contributed by atoms with van der Waals surface area (Å²) < 4.78 is 13.5. The summed E-state index contributed by atoms with van der Waals surface area (Å²) >= 11 is 0. The van der Waals surface area contributed by atoms with Gasteiger partial charge in [-0.3, -0.25) is 9.97 Å². The molecular weight excluding hydrogens is 297 g/mol. The first-order valence-electron chi connectivity index (χ1n) is 7.08. The van der Waals surface area contributed by atoms with Gasteiger partial charge in [0.1, 0.15) is 5.82 Å². The van der Waals surface area contributed by atoms with Gasteiger partial charge in [0.2, 0.25) is 5.95 Å². The zero-order valence-electron chi connectivity index (χ0n) is 12.2. The van der Waals surface area contributed by atoms with E-state index < -0.39 is 5.69 Å². The summed E-state index contributed by atoms with van der Waals surface area (Å²) in [6.07, 6.45) is 3.68. The van der Waals surface area contributed by atoms with Crippen molar-refractivity contribution >= 4 is 5.95 Å². The van der Waals surface area contributed by atoms with Crippen molar-refractivity contribution in [3.63, 3.8) is 0 Å². The van der Waals surface area contributed by atoms with E-state index in [0.717, 1.165) is 0 Å². The molecule has 116 valence electrons. The summed E-state index contributed by atoms with van der Waals surface area (Å²) in [5, 5.41) is 2.98. The fourth-order valence-corrected chi connectivity index (χ4v) is 2.11. The van der Waals surface area contributed by atoms with Gasteiger partial charge in [0.15, 0.2) is 5.82 Å². The predicted molar refractivity (Wildman–Crippen MR) is 84.5 cm³/mol. The first-order chi connectivity index (χ1) is 11.2. The number of aromatic amines is 1. The monoisotopic (exact) mass is 311 g/mol. The second-order valence-corrected chi connectivity index (χ2v) is 4.83. The molecule has 0 amide bonds. The van der Waals surface area contributed by atoms with E-state index in [4.69, 9.17) is 0 Å². The fourth-order valence-electron chi connectivity index (χ4n) is 2.11. The van der Waals surface area contributed by atoms with Gasteiger partial charge in [-0.1, -0.05) is 18.2 Å². The Kier molecular flexibility index (Phi) is 4.37. The van der Waals surface area contributed by atoms with E-state index in [-0.39, 0.29) is 5.82 Å². The van der Waals surface area contributed by atoms with Crippen LogP contribution in [0.4, 0.5) is 10.3 Å². The van der Waals surface area contributed by atoms with Gasteiger partial charge < -0.3 is 5.32 Å². The van der Waals surface area contributed by atoms with Crippen LogP contribution in [-0.2, 0) is 6.42 Å². The topological polar surface area (TPSA) is 83.6 Å². The van der Waals surface area contributed by atoms with E-state index in [2.05, 4.69) is 25.3 Å². The van der Waals surface area contributed by atoms with Gasteiger partial charge in [-0.15, -0.1) is 0 Å². The highest BCUT2D eigenvalue weighted by Gasteiger charge is 2.06. The molecule has 0 spiro atoms. The van der Waals surface area contributed by atoms with Gasteiger partial charge in [-0.25, -0.2) is 9.18 Å². The molecule has 0 saturated carbocycles. The number of anilines is 1. The lowest BCUT2D eigenvalue weighted by Gasteiger charge is -2.07. The van der Waals surface area contributed by atoms with Crippen molar-refractivity contribution in [2.45, 2.75) is 6.42 Å². The number of benzene rings is 1. The molecule has 3 rings (SSSR count). The van der Waals surface area contributed by atoms with Crippen LogP contribution in [0.5, 0.6) is 0 Å². The van der Waals surface area contributed by atoms with Crippen molar-refractivity contribution in [1.82, 2.24) is 19.9 Å². The van der Waals surface area contributed by atoms with Crippen molar-refractivity contribution < 1.29 is 4.39 Å². The molecule has 3 aromatic rings. The molecule has 1 aromatic carbocycles. The predicted octanol–water partition coefficient (Wildman–Crippen LogP) is 2.02. The minimum atomic E-state index is -0.500. The van der Waals surface area contributed by atoms with Crippen LogP contribution in [0, 0.1) is 5.82 Å². The quantitative estimate of drug-likeness (QED) is 0.753. The van der Waals surface area contributed by atoms with Crippen LogP contribution >= 0.6 is 0 Å². The molecule has 0 aliphatic carbocycles. The minimum absolute atomic E-state index is 0.247. The standard InChI is InChI=1S/C16H14FN5O/c17-13-4-2-1-3-11(13)7-10-19-15-20-14(21-16(23)22-15)12-5-8-18-9-6-12/h1-6,8-9H,7,10H2,(H2,19,20,21,22,23). The van der Waals surface area contributed by atoms with Gasteiger partial charge in [-0.05, 0) is 30.2 Å². The first kappa shape index (κ1) is 14.8. The Balaban J connectivity index is 1.72. The van der Waals surface area contributed by atoms with Crippen molar-refractivity contribution in [2.24, 2.45) is 0 Å². The first-order valence-corrected chi connectivity index (χ1v) is 7.08. The van der Waals surface area contributed by atoms with Crippen LogP contribution in [0.2, 0.25) is 0 Å². The van der Waals surface area contributed by atoms with Crippen molar-refractivity contribution in [3.8, 4) is 11.4 Å². The molecule has 2 aromatic heterocycles. The number of hydrogen-bond donors (Lipinski definition) is 2. The Morgan fingerprint density at radius 3 is 2.65 bits per heavy atom. The number of hydrogen-bond acceptors (Lipinski definition) is 5. The number of rotatable bonds is 5. The van der Waals surface area contributed by atoms with Gasteiger partial charge in [0.25, 0.3) is 0 Å². The number of halogens is 1. The molecule has 2 heterocycles. The van der Waals surface area contributed by atoms with Gasteiger partial charge in [-0.2, -0.15) is 9.97 Å². The average Bonchev–Trinajstić information content (AvgIpc) is 2.57. The maximum Gasteiger partial charge on any atom is 0.349 e. The van der Waals surface area contributed by atoms with Crippen LogP contribution < -0.4 is 11.0 Å². The lowest BCUT2D eigenvalue weighted by molar-refractivity contribution is 0.610. The lowest BCUT2D eigenvalue weighted by Crippen LogP contribution is -2.18. The van der Waals surface area contributed by atoms with Crippen LogP contribution in [0.1, 0.15) is 5.56 Å². The molecule has 7 heteroatoms. The molecule has 0 aliphatic rings. The van der Waals surface area contributed by atoms with E-state index in [1.54, 1.807) is 42.7 Å². The second kappa shape index (κ2) is 6.78. The van der Waals surface area contributed by atoms with Gasteiger partial charge >= 0.3 is 5.69 Å². The smallest absolute Gasteiger partial charge is 0.349 e. The third kappa shape index (κ3) is 3.76. The molecule has 0 atom stereocenters. The van der Waals surface area contributed by atoms with E-state index in [0.29, 0.717) is 35.9 Å². The number of H-pyrrole nitrogens is 1. The highest BCUT2D eigenvalue weighted by molar-refractivity contribution is 5.54. The van der Waals surface area contributed by atoms with Gasteiger partial charge in [0, 0.05) is 24.5 Å².